The molecule has 1 unspecified atom stereocenters. The molecular formula is C34H32N9+. The van der Waals surface area contributed by atoms with Crippen molar-refractivity contribution in [1.82, 2.24) is 24.8 Å². The third-order valence-corrected chi connectivity index (χ3v) is 8.15. The third-order valence-electron chi connectivity index (χ3n) is 8.15. The van der Waals surface area contributed by atoms with Crippen LogP contribution in [0.4, 0.5) is 17.2 Å². The van der Waals surface area contributed by atoms with Crippen molar-refractivity contribution in [1.29, 1.82) is 5.26 Å². The van der Waals surface area contributed by atoms with Gasteiger partial charge in [0, 0.05) is 56.1 Å². The van der Waals surface area contributed by atoms with Crippen molar-refractivity contribution in [3.05, 3.63) is 90.4 Å². The normalized spacial score (nSPS) is 16.9. The molecule has 43 heavy (non-hydrogen) atoms. The van der Waals surface area contributed by atoms with Gasteiger partial charge in [-0.25, -0.2) is 19.9 Å². The van der Waals surface area contributed by atoms with Crippen LogP contribution in [0, 0.1) is 11.3 Å². The smallest absolute Gasteiger partial charge is 0.234 e. The van der Waals surface area contributed by atoms with Crippen molar-refractivity contribution in [2.45, 2.75) is 19.4 Å². The fraction of sp³-hybridized carbons (Fsp3) is 0.235. The van der Waals surface area contributed by atoms with Crippen LogP contribution in [0.2, 0.25) is 0 Å². The zero-order valence-corrected chi connectivity index (χ0v) is 24.1. The summed E-state index contributed by atoms with van der Waals surface area (Å²) in [7, 11) is 2.08. The second kappa shape index (κ2) is 11.7. The minimum absolute atomic E-state index is 0.224. The molecule has 1 fully saturated rings. The number of benzene rings is 3. The molecule has 2 aliphatic rings. The Morgan fingerprint density at radius 3 is 2.23 bits per heavy atom. The lowest BCUT2D eigenvalue weighted by molar-refractivity contribution is -0.693. The van der Waals surface area contributed by atoms with Crippen LogP contribution in [0.1, 0.15) is 24.2 Å². The van der Waals surface area contributed by atoms with Gasteiger partial charge in [-0.3, -0.25) is 9.80 Å². The number of anilines is 1. The molecule has 0 saturated carbocycles. The van der Waals surface area contributed by atoms with Gasteiger partial charge in [0.2, 0.25) is 5.82 Å². The Morgan fingerprint density at radius 1 is 0.814 bits per heavy atom. The molecule has 1 saturated heterocycles. The van der Waals surface area contributed by atoms with Crippen molar-refractivity contribution in [3.63, 3.8) is 0 Å². The maximum atomic E-state index is 9.15. The zero-order valence-electron chi connectivity index (χ0n) is 24.1. The van der Waals surface area contributed by atoms with Crippen LogP contribution in [-0.2, 0) is 6.54 Å². The number of hydrogen-bond acceptors (Lipinski definition) is 8. The Balaban J connectivity index is 1.10. The Hall–Kier alpha value is -5.04. The van der Waals surface area contributed by atoms with E-state index >= 15 is 0 Å². The molecule has 3 aromatic carbocycles. The maximum absolute atomic E-state index is 9.15. The number of aliphatic imine (C=N–C) groups is 1. The molecule has 2 aliphatic heterocycles. The first-order valence-corrected chi connectivity index (χ1v) is 14.7. The first kappa shape index (κ1) is 26.8. The molecule has 9 heteroatoms. The van der Waals surface area contributed by atoms with Crippen LogP contribution in [0.15, 0.2) is 84.0 Å². The predicted molar refractivity (Wildman–Crippen MR) is 169 cm³/mol. The molecule has 5 aromatic rings. The summed E-state index contributed by atoms with van der Waals surface area (Å²) in [5.41, 5.74) is 8.95. The summed E-state index contributed by atoms with van der Waals surface area (Å²) < 4.78 is 0. The van der Waals surface area contributed by atoms with Crippen LogP contribution in [0.3, 0.4) is 0 Å². The van der Waals surface area contributed by atoms with Crippen molar-refractivity contribution in [2.24, 2.45) is 4.99 Å². The Bertz CT molecular complexity index is 1830. The average molecular weight is 567 g/mol. The fourth-order valence-electron chi connectivity index (χ4n) is 5.94. The molecule has 0 spiro atoms. The van der Waals surface area contributed by atoms with E-state index in [1.54, 1.807) is 6.20 Å². The lowest BCUT2D eigenvalue weighted by atomic mass is 10.0. The van der Waals surface area contributed by atoms with Gasteiger partial charge in [-0.1, -0.05) is 54.6 Å². The monoisotopic (exact) mass is 566 g/mol. The summed E-state index contributed by atoms with van der Waals surface area (Å²) in [6.45, 7) is 4.74. The summed E-state index contributed by atoms with van der Waals surface area (Å²) in [4.78, 5) is 29.2. The molecule has 9 nitrogen and oxygen atoms in total. The number of nitrogens with zero attached hydrogens (tertiary/aromatic N) is 8. The van der Waals surface area contributed by atoms with Gasteiger partial charge in [-0.05, 0) is 30.5 Å². The highest BCUT2D eigenvalue weighted by molar-refractivity contribution is 5.91. The maximum Gasteiger partial charge on any atom is 0.234 e. The summed E-state index contributed by atoms with van der Waals surface area (Å²) in [6, 6.07) is 27.2. The predicted octanol–water partition coefficient (Wildman–Crippen LogP) is 4.55. The van der Waals surface area contributed by atoms with E-state index in [-0.39, 0.29) is 5.82 Å². The van der Waals surface area contributed by atoms with Crippen LogP contribution < -0.4 is 9.80 Å². The van der Waals surface area contributed by atoms with Gasteiger partial charge in [0.25, 0.3) is 0 Å². The van der Waals surface area contributed by atoms with Gasteiger partial charge in [0.15, 0.2) is 12.0 Å². The highest BCUT2D eigenvalue weighted by Gasteiger charge is 2.21. The molecule has 0 amide bonds. The van der Waals surface area contributed by atoms with E-state index in [2.05, 4.69) is 74.3 Å². The van der Waals surface area contributed by atoms with Crippen molar-refractivity contribution in [2.75, 3.05) is 38.1 Å². The summed E-state index contributed by atoms with van der Waals surface area (Å²) in [5, 5.41) is 9.15. The lowest BCUT2D eigenvalue weighted by Gasteiger charge is -2.31. The van der Waals surface area contributed by atoms with Crippen molar-refractivity contribution in [3.8, 4) is 28.6 Å². The van der Waals surface area contributed by atoms with Gasteiger partial charge in [0.05, 0.1) is 29.5 Å². The number of fused-ring (bicyclic) bond motifs is 2. The number of quaternary nitrogens is 1. The lowest BCUT2D eigenvalue weighted by Crippen LogP contribution is -3.01. The third kappa shape index (κ3) is 5.58. The van der Waals surface area contributed by atoms with Crippen LogP contribution in [0.5, 0.6) is 0 Å². The molecule has 1 N–H and O–H groups in total. The zero-order chi connectivity index (χ0) is 29.2. The Morgan fingerprint density at radius 2 is 1.51 bits per heavy atom. The fourth-order valence-corrected chi connectivity index (χ4v) is 5.94. The van der Waals surface area contributed by atoms with Gasteiger partial charge < -0.3 is 4.90 Å². The molecule has 7 rings (SSSR count). The summed E-state index contributed by atoms with van der Waals surface area (Å²) in [5.74, 6) is 1.06. The highest BCUT2D eigenvalue weighted by Crippen LogP contribution is 2.34. The van der Waals surface area contributed by atoms with E-state index < -0.39 is 0 Å². The SMILES string of the molecule is C[NH+]1C=Nc2cc3nc(-c4ccccc4)c(-c4ccc(CN5CCCN(c6ccnc(C#N)n6)CCC5)cc4)nc3cc21. The molecule has 0 aliphatic carbocycles. The highest BCUT2D eigenvalue weighted by atomic mass is 15.2. The van der Waals surface area contributed by atoms with Gasteiger partial charge in [-0.15, -0.1) is 0 Å². The van der Waals surface area contributed by atoms with Crippen LogP contribution in [-0.4, -0.2) is 64.4 Å². The van der Waals surface area contributed by atoms with Crippen LogP contribution in [0.25, 0.3) is 33.5 Å². The van der Waals surface area contributed by atoms with Crippen molar-refractivity contribution < 1.29 is 4.90 Å². The molecule has 0 radical (unpaired) electrons. The van der Waals surface area contributed by atoms with Gasteiger partial charge in [0.1, 0.15) is 17.6 Å². The molecule has 4 heterocycles. The topological polar surface area (TPSA) is 98.6 Å². The number of rotatable bonds is 5. The van der Waals surface area contributed by atoms with E-state index in [1.807, 2.05) is 42.7 Å². The molecule has 0 bridgehead atoms. The first-order chi connectivity index (χ1) is 21.1. The second-order valence-corrected chi connectivity index (χ2v) is 11.1. The van der Waals surface area contributed by atoms with Crippen molar-refractivity contribution >= 4 is 34.6 Å². The largest absolute Gasteiger partial charge is 0.356 e. The quantitative estimate of drug-likeness (QED) is 0.333. The first-order valence-electron chi connectivity index (χ1n) is 14.7. The van der Waals surface area contributed by atoms with Crippen LogP contribution >= 0.6 is 0 Å². The molecule has 212 valence electrons. The number of nitrogens with one attached hydrogen (secondary N) is 1. The van der Waals surface area contributed by atoms with Gasteiger partial charge >= 0.3 is 0 Å². The minimum Gasteiger partial charge on any atom is -0.356 e. The summed E-state index contributed by atoms with van der Waals surface area (Å²) >= 11 is 0. The Labute approximate surface area is 250 Å². The number of hydrogen-bond donors (Lipinski definition) is 1. The Kier molecular flexibility index (Phi) is 7.29. The molecular weight excluding hydrogens is 534 g/mol. The van der Waals surface area contributed by atoms with Gasteiger partial charge in [-0.2, -0.15) is 10.3 Å². The van der Waals surface area contributed by atoms with E-state index in [9.17, 15) is 0 Å². The van der Waals surface area contributed by atoms with E-state index in [4.69, 9.17) is 15.2 Å². The van der Waals surface area contributed by atoms with E-state index in [1.165, 1.54) is 5.56 Å². The second-order valence-electron chi connectivity index (χ2n) is 11.1. The average Bonchev–Trinajstić information content (AvgIpc) is 3.40. The minimum atomic E-state index is 0.224. The molecule has 2 aromatic heterocycles. The van der Waals surface area contributed by atoms with E-state index in [0.29, 0.717) is 0 Å². The van der Waals surface area contributed by atoms with E-state index in [0.717, 1.165) is 101 Å². The molecule has 1 atom stereocenters. The number of nitriles is 1. The number of aromatic nitrogens is 4. The standard InChI is InChI=1S/C34H31N9/c1-41-23-37-29-19-27-28(20-30(29)41)39-34(33(38-27)25-7-3-2-4-8-25)26-11-9-24(10-12-26)22-42-15-5-17-43(18-6-16-42)32-13-14-36-31(21-35)40-32/h2-4,7-14,19-20,23H,5-6,15-18,22H2,1H3/p+1. The summed E-state index contributed by atoms with van der Waals surface area (Å²) in [6.07, 6.45) is 5.64.